The Hall–Kier alpha value is -3.22. The van der Waals surface area contributed by atoms with Gasteiger partial charge in [-0.05, 0) is 46.5 Å². The Morgan fingerprint density at radius 2 is 1.79 bits per heavy atom. The van der Waals surface area contributed by atoms with Crippen molar-refractivity contribution >= 4 is 28.2 Å². The average molecular weight is 464 g/mol. The molecule has 0 N–H and O–H groups in total. The van der Waals surface area contributed by atoms with Crippen LogP contribution < -0.4 is 5.69 Å². The number of Topliss-reactive ketones (excluding diaryl/α,β-unsaturated/α-hetero) is 1. The first-order chi connectivity index (χ1) is 16.0. The molecule has 0 fully saturated rings. The van der Waals surface area contributed by atoms with Crippen molar-refractivity contribution in [1.82, 2.24) is 14.3 Å². The lowest BCUT2D eigenvalue weighted by Gasteiger charge is -2.14. The normalized spacial score (nSPS) is 12.2. The van der Waals surface area contributed by atoms with Gasteiger partial charge in [0, 0.05) is 24.1 Å². The minimum Gasteiger partial charge on any atom is -0.383 e. The van der Waals surface area contributed by atoms with Crippen LogP contribution in [0.1, 0.15) is 24.8 Å². The van der Waals surface area contributed by atoms with Crippen LogP contribution in [0.5, 0.6) is 0 Å². The molecular weight excluding hydrogens is 438 g/mol. The molecule has 4 rings (SSSR count). The molecule has 0 unspecified atom stereocenters. The molecule has 0 aliphatic heterocycles. The highest BCUT2D eigenvalue weighted by Crippen LogP contribution is 2.28. The third-order valence-corrected chi connectivity index (χ3v) is 6.01. The molecule has 170 valence electrons. The van der Waals surface area contributed by atoms with Crippen molar-refractivity contribution in [3.63, 3.8) is 0 Å². The molecule has 3 aromatic carbocycles. The van der Waals surface area contributed by atoms with Gasteiger partial charge < -0.3 is 4.74 Å². The second-order valence-corrected chi connectivity index (χ2v) is 8.56. The van der Waals surface area contributed by atoms with E-state index in [1.807, 2.05) is 37.3 Å². The molecule has 0 radical (unpaired) electrons. The quantitative estimate of drug-likeness (QED) is 0.353. The predicted molar refractivity (Wildman–Crippen MR) is 131 cm³/mol. The van der Waals surface area contributed by atoms with Crippen LogP contribution in [0.3, 0.4) is 0 Å². The van der Waals surface area contributed by atoms with E-state index in [0.29, 0.717) is 30.4 Å². The highest BCUT2D eigenvalue weighted by molar-refractivity contribution is 6.30. The Morgan fingerprint density at radius 3 is 2.55 bits per heavy atom. The summed E-state index contributed by atoms with van der Waals surface area (Å²) in [7, 11) is 1.58. The van der Waals surface area contributed by atoms with Crippen molar-refractivity contribution in [1.29, 1.82) is 0 Å². The van der Waals surface area contributed by atoms with Crippen LogP contribution in [0.25, 0.3) is 22.2 Å². The number of halogens is 1. The molecule has 6 nitrogen and oxygen atoms in total. The zero-order valence-corrected chi connectivity index (χ0v) is 19.5. The lowest BCUT2D eigenvalue weighted by molar-refractivity contribution is -0.120. The van der Waals surface area contributed by atoms with Crippen molar-refractivity contribution < 1.29 is 9.53 Å². The van der Waals surface area contributed by atoms with E-state index in [4.69, 9.17) is 16.3 Å². The zero-order valence-electron chi connectivity index (χ0n) is 18.7. The summed E-state index contributed by atoms with van der Waals surface area (Å²) >= 11 is 6.00. The largest absolute Gasteiger partial charge is 0.383 e. The third-order valence-electron chi connectivity index (χ3n) is 5.76. The van der Waals surface area contributed by atoms with E-state index in [9.17, 15) is 9.59 Å². The summed E-state index contributed by atoms with van der Waals surface area (Å²) in [5.41, 5.74) is 1.55. The number of hydrogen-bond donors (Lipinski definition) is 0. The summed E-state index contributed by atoms with van der Waals surface area (Å²) < 4.78 is 7.94. The Labute approximate surface area is 197 Å². The smallest absolute Gasteiger partial charge is 0.346 e. The number of hydrogen-bond acceptors (Lipinski definition) is 4. The number of fused-ring (bicyclic) bond motifs is 1. The molecule has 4 aromatic rings. The second kappa shape index (κ2) is 10.1. The van der Waals surface area contributed by atoms with Gasteiger partial charge in [-0.15, -0.1) is 5.10 Å². The Kier molecular flexibility index (Phi) is 7.06. The van der Waals surface area contributed by atoms with Gasteiger partial charge in [-0.2, -0.15) is 0 Å². The van der Waals surface area contributed by atoms with E-state index >= 15 is 0 Å². The fourth-order valence-electron chi connectivity index (χ4n) is 4.10. The van der Waals surface area contributed by atoms with Crippen LogP contribution in [0, 0.1) is 0 Å². The third kappa shape index (κ3) is 5.07. The first kappa shape index (κ1) is 23.0. The number of aromatic nitrogens is 3. The summed E-state index contributed by atoms with van der Waals surface area (Å²) in [6.45, 7) is 2.67. The minimum absolute atomic E-state index is 0.0191. The molecule has 0 bridgehead atoms. The molecule has 0 saturated heterocycles. The number of carbonyl (C=O) groups is 1. The van der Waals surface area contributed by atoms with E-state index < -0.39 is 0 Å². The maximum absolute atomic E-state index is 13.0. The zero-order chi connectivity index (χ0) is 23.4. The van der Waals surface area contributed by atoms with Gasteiger partial charge in [-0.1, -0.05) is 61.0 Å². The molecular formula is C26H26ClN3O3. The summed E-state index contributed by atoms with van der Waals surface area (Å²) in [6.07, 6.45) is 0.321. The Morgan fingerprint density at radius 1 is 1.06 bits per heavy atom. The van der Waals surface area contributed by atoms with Crippen molar-refractivity contribution in [2.75, 3.05) is 13.7 Å². The molecule has 1 heterocycles. The summed E-state index contributed by atoms with van der Waals surface area (Å²) in [4.78, 5) is 26.0. The highest BCUT2D eigenvalue weighted by Gasteiger charge is 2.19. The summed E-state index contributed by atoms with van der Waals surface area (Å²) in [5, 5.41) is 7.37. The number of rotatable bonds is 9. The number of benzene rings is 3. The molecule has 1 atom stereocenters. The molecule has 1 aromatic heterocycles. The SMILES string of the molecule is COCCn1c(-c2ccc(Cl)cc2)nn(CC(=O)C[C@@H](C)c2cccc3ccccc23)c1=O. The van der Waals surface area contributed by atoms with Crippen LogP contribution in [0.4, 0.5) is 0 Å². The number of methoxy groups -OCH3 is 1. The minimum atomic E-state index is -0.330. The van der Waals surface area contributed by atoms with Crippen molar-refractivity contribution in [2.24, 2.45) is 0 Å². The van der Waals surface area contributed by atoms with Crippen LogP contribution in [-0.4, -0.2) is 33.8 Å². The van der Waals surface area contributed by atoms with Crippen LogP contribution in [0.2, 0.25) is 5.02 Å². The van der Waals surface area contributed by atoms with Gasteiger partial charge in [0.1, 0.15) is 6.54 Å². The van der Waals surface area contributed by atoms with Gasteiger partial charge in [0.2, 0.25) is 0 Å². The van der Waals surface area contributed by atoms with E-state index in [1.54, 1.807) is 19.2 Å². The maximum Gasteiger partial charge on any atom is 0.346 e. The second-order valence-electron chi connectivity index (χ2n) is 8.13. The van der Waals surface area contributed by atoms with Crippen molar-refractivity contribution in [3.05, 3.63) is 87.8 Å². The van der Waals surface area contributed by atoms with E-state index in [1.165, 1.54) is 9.25 Å². The van der Waals surface area contributed by atoms with Crippen molar-refractivity contribution in [2.45, 2.75) is 32.4 Å². The molecule has 33 heavy (non-hydrogen) atoms. The van der Waals surface area contributed by atoms with E-state index in [-0.39, 0.29) is 23.9 Å². The number of ether oxygens (including phenoxy) is 1. The summed E-state index contributed by atoms with van der Waals surface area (Å²) in [5.74, 6) is 0.464. The first-order valence-electron chi connectivity index (χ1n) is 10.9. The van der Waals surface area contributed by atoms with Gasteiger partial charge >= 0.3 is 5.69 Å². The predicted octanol–water partition coefficient (Wildman–Crippen LogP) is 4.93. The molecule has 0 saturated carbocycles. The standard InChI is InChI=1S/C26H26ClN3O3/c1-18(23-9-5-7-19-6-3-4-8-24(19)23)16-22(31)17-30-26(32)29(14-15-33-2)25(28-30)20-10-12-21(27)13-11-20/h3-13,18H,14-17H2,1-2H3/t18-/m1/s1. The van der Waals surface area contributed by atoms with Gasteiger partial charge in [0.15, 0.2) is 11.6 Å². The maximum atomic E-state index is 13.0. The van der Waals surface area contributed by atoms with E-state index in [2.05, 4.69) is 29.4 Å². The van der Waals surface area contributed by atoms with E-state index in [0.717, 1.165) is 21.9 Å². The van der Waals surface area contributed by atoms with Gasteiger partial charge in [-0.25, -0.2) is 9.48 Å². The van der Waals surface area contributed by atoms with Gasteiger partial charge in [0.25, 0.3) is 0 Å². The molecule has 0 aliphatic rings. The lowest BCUT2D eigenvalue weighted by atomic mass is 9.91. The number of nitrogens with zero attached hydrogens (tertiary/aromatic N) is 3. The monoisotopic (exact) mass is 463 g/mol. The highest BCUT2D eigenvalue weighted by atomic mass is 35.5. The Balaban J connectivity index is 1.57. The van der Waals surface area contributed by atoms with Gasteiger partial charge in [-0.3, -0.25) is 9.36 Å². The fraction of sp³-hybridized carbons (Fsp3) is 0.269. The first-order valence-corrected chi connectivity index (χ1v) is 11.3. The van der Waals surface area contributed by atoms with Crippen LogP contribution >= 0.6 is 11.6 Å². The Bertz CT molecular complexity index is 1320. The molecule has 0 aliphatic carbocycles. The number of carbonyl (C=O) groups excluding carboxylic acids is 1. The summed E-state index contributed by atoms with van der Waals surface area (Å²) in [6, 6.07) is 21.4. The molecule has 0 amide bonds. The fourth-order valence-corrected chi connectivity index (χ4v) is 4.23. The van der Waals surface area contributed by atoms with Gasteiger partial charge in [0.05, 0.1) is 13.2 Å². The van der Waals surface area contributed by atoms with Crippen LogP contribution in [-0.2, 0) is 22.6 Å². The number of ketones is 1. The molecule has 0 spiro atoms. The average Bonchev–Trinajstić information content (AvgIpc) is 3.12. The lowest BCUT2D eigenvalue weighted by Crippen LogP contribution is -2.29. The topological polar surface area (TPSA) is 66.1 Å². The van der Waals surface area contributed by atoms with Crippen molar-refractivity contribution in [3.8, 4) is 11.4 Å². The molecule has 7 heteroatoms. The van der Waals surface area contributed by atoms with Crippen LogP contribution in [0.15, 0.2) is 71.5 Å².